The van der Waals surface area contributed by atoms with Crippen LogP contribution in [0.2, 0.25) is 5.02 Å². The molecule has 5 rings (SSSR count). The Bertz CT molecular complexity index is 1050. The zero-order chi connectivity index (χ0) is 20.2. The number of rotatable bonds is 3. The molecule has 1 amide bonds. The summed E-state index contributed by atoms with van der Waals surface area (Å²) in [5, 5.41) is 3.72. The van der Waals surface area contributed by atoms with Crippen molar-refractivity contribution in [3.63, 3.8) is 0 Å². The average Bonchev–Trinajstić information content (AvgIpc) is 3.23. The number of amides is 1. The molecular formula is C20H24ClN3O4S. The molecule has 1 unspecified atom stereocenters. The van der Waals surface area contributed by atoms with Crippen molar-refractivity contribution in [2.24, 2.45) is 11.3 Å². The number of benzene rings is 1. The molecule has 1 N–H and O–H groups in total. The number of carbonyl (C=O) groups excluding carboxylic acids is 1. The van der Waals surface area contributed by atoms with Gasteiger partial charge in [0.05, 0.1) is 17.4 Å². The highest BCUT2D eigenvalue weighted by Crippen LogP contribution is 2.49. The maximum atomic E-state index is 12.3. The fourth-order valence-corrected chi connectivity index (χ4v) is 6.92. The molecule has 2 saturated heterocycles. The van der Waals surface area contributed by atoms with Crippen molar-refractivity contribution in [2.45, 2.75) is 38.1 Å². The second-order valence-electron chi connectivity index (χ2n) is 8.81. The van der Waals surface area contributed by atoms with Crippen LogP contribution < -0.4 is 10.2 Å². The number of oxazole rings is 1. The molecular weight excluding hydrogens is 414 g/mol. The van der Waals surface area contributed by atoms with Crippen LogP contribution in [0.15, 0.2) is 22.6 Å². The number of fused-ring (bicyclic) bond motifs is 1. The van der Waals surface area contributed by atoms with Crippen molar-refractivity contribution in [2.75, 3.05) is 29.5 Å². The minimum absolute atomic E-state index is 0.00136. The van der Waals surface area contributed by atoms with E-state index in [1.54, 1.807) is 6.07 Å². The van der Waals surface area contributed by atoms with E-state index in [4.69, 9.17) is 16.0 Å². The van der Waals surface area contributed by atoms with Crippen molar-refractivity contribution in [1.29, 1.82) is 0 Å². The van der Waals surface area contributed by atoms with Crippen LogP contribution in [-0.2, 0) is 14.6 Å². The van der Waals surface area contributed by atoms with Gasteiger partial charge < -0.3 is 14.6 Å². The molecule has 1 aromatic carbocycles. The van der Waals surface area contributed by atoms with Gasteiger partial charge in [0.2, 0.25) is 5.91 Å². The zero-order valence-corrected chi connectivity index (χ0v) is 17.6. The first-order chi connectivity index (χ1) is 13.8. The van der Waals surface area contributed by atoms with E-state index in [1.165, 1.54) is 0 Å². The number of nitrogens with zero attached hydrogens (tertiary/aromatic N) is 2. The summed E-state index contributed by atoms with van der Waals surface area (Å²) >= 11 is 6.03. The summed E-state index contributed by atoms with van der Waals surface area (Å²) in [6, 6.07) is 6.26. The molecule has 9 heteroatoms. The number of carbonyl (C=O) groups is 1. The predicted octanol–water partition coefficient (Wildman–Crippen LogP) is 2.78. The van der Waals surface area contributed by atoms with Gasteiger partial charge >= 0.3 is 0 Å². The van der Waals surface area contributed by atoms with Gasteiger partial charge in [-0.15, -0.1) is 0 Å². The van der Waals surface area contributed by atoms with Crippen LogP contribution in [0.4, 0.5) is 6.01 Å². The Morgan fingerprint density at radius 2 is 2.03 bits per heavy atom. The van der Waals surface area contributed by atoms with E-state index in [9.17, 15) is 13.2 Å². The molecule has 2 aliphatic heterocycles. The van der Waals surface area contributed by atoms with Crippen molar-refractivity contribution in [3.05, 3.63) is 23.2 Å². The lowest BCUT2D eigenvalue weighted by molar-refractivity contribution is -0.126. The summed E-state index contributed by atoms with van der Waals surface area (Å²) in [5.74, 6) is -0.321. The first-order valence-electron chi connectivity index (χ1n) is 10.1. The van der Waals surface area contributed by atoms with Crippen molar-refractivity contribution in [1.82, 2.24) is 10.3 Å². The minimum Gasteiger partial charge on any atom is -0.423 e. The third-order valence-electron chi connectivity index (χ3n) is 6.74. The highest BCUT2D eigenvalue weighted by atomic mass is 35.5. The Balaban J connectivity index is 1.14. The average molecular weight is 438 g/mol. The zero-order valence-electron chi connectivity index (χ0n) is 16.1. The molecule has 1 saturated carbocycles. The fraction of sp³-hybridized carbons (Fsp3) is 0.600. The quantitative estimate of drug-likeness (QED) is 0.793. The van der Waals surface area contributed by atoms with Crippen LogP contribution in [0.25, 0.3) is 11.1 Å². The van der Waals surface area contributed by atoms with Gasteiger partial charge in [0, 0.05) is 24.2 Å². The van der Waals surface area contributed by atoms with E-state index in [0.29, 0.717) is 17.5 Å². The monoisotopic (exact) mass is 437 g/mol. The number of hydrogen-bond donors (Lipinski definition) is 1. The lowest BCUT2D eigenvalue weighted by Crippen LogP contribution is -2.55. The summed E-state index contributed by atoms with van der Waals surface area (Å²) < 4.78 is 29.0. The number of aromatic nitrogens is 1. The molecule has 1 aliphatic carbocycles. The third-order valence-corrected chi connectivity index (χ3v) is 8.74. The largest absolute Gasteiger partial charge is 0.423 e. The van der Waals surface area contributed by atoms with Crippen LogP contribution in [0.3, 0.4) is 0 Å². The summed E-state index contributed by atoms with van der Waals surface area (Å²) in [6.45, 7) is 1.75. The molecule has 1 spiro atoms. The molecule has 0 radical (unpaired) electrons. The van der Waals surface area contributed by atoms with Gasteiger partial charge in [-0.2, -0.15) is 4.98 Å². The molecule has 156 valence electrons. The van der Waals surface area contributed by atoms with E-state index >= 15 is 0 Å². The molecule has 1 atom stereocenters. The maximum Gasteiger partial charge on any atom is 0.298 e. The van der Waals surface area contributed by atoms with E-state index in [2.05, 4.69) is 15.2 Å². The van der Waals surface area contributed by atoms with Gasteiger partial charge in [0.15, 0.2) is 15.4 Å². The van der Waals surface area contributed by atoms with E-state index < -0.39 is 9.84 Å². The van der Waals surface area contributed by atoms with Crippen LogP contribution in [-0.4, -0.2) is 49.9 Å². The first kappa shape index (κ1) is 19.2. The first-order valence-corrected chi connectivity index (χ1v) is 12.3. The van der Waals surface area contributed by atoms with Crippen LogP contribution in [0.1, 0.15) is 32.1 Å². The molecule has 7 nitrogen and oxygen atoms in total. The normalized spacial score (nSPS) is 26.0. The Morgan fingerprint density at radius 1 is 1.28 bits per heavy atom. The topological polar surface area (TPSA) is 92.5 Å². The van der Waals surface area contributed by atoms with Crippen molar-refractivity contribution >= 4 is 44.5 Å². The molecule has 3 fully saturated rings. The van der Waals surface area contributed by atoms with Crippen LogP contribution in [0.5, 0.6) is 0 Å². The SMILES string of the molecule is O=C(NC1CC2(CCN(c3nc4cc(Cl)ccc4o3)CC2)C1)C1CCS(=O)(=O)C1. The van der Waals surface area contributed by atoms with Crippen molar-refractivity contribution in [3.8, 4) is 0 Å². The maximum absolute atomic E-state index is 12.3. The highest BCUT2D eigenvalue weighted by molar-refractivity contribution is 7.91. The van der Waals surface area contributed by atoms with Gasteiger partial charge in [-0.25, -0.2) is 8.42 Å². The van der Waals surface area contributed by atoms with Gasteiger partial charge in [-0.3, -0.25) is 4.79 Å². The predicted molar refractivity (Wildman–Crippen MR) is 111 cm³/mol. The van der Waals surface area contributed by atoms with E-state index in [0.717, 1.165) is 49.9 Å². The summed E-state index contributed by atoms with van der Waals surface area (Å²) in [4.78, 5) is 19.1. The molecule has 1 aromatic heterocycles. The summed E-state index contributed by atoms with van der Waals surface area (Å²) in [7, 11) is -3.03. The molecule has 29 heavy (non-hydrogen) atoms. The second kappa shape index (κ2) is 6.87. The van der Waals surface area contributed by atoms with Gasteiger partial charge in [0.1, 0.15) is 5.52 Å². The van der Waals surface area contributed by atoms with Crippen LogP contribution >= 0.6 is 11.6 Å². The molecule has 3 aliphatic rings. The third kappa shape index (κ3) is 3.72. The highest BCUT2D eigenvalue weighted by Gasteiger charge is 2.47. The number of sulfone groups is 1. The minimum atomic E-state index is -3.03. The molecule has 0 bridgehead atoms. The Hall–Kier alpha value is -1.80. The Labute approximate surface area is 174 Å². The molecule has 2 aromatic rings. The van der Waals surface area contributed by atoms with E-state index in [1.807, 2.05) is 12.1 Å². The summed E-state index contributed by atoms with van der Waals surface area (Å²) in [5.41, 5.74) is 1.78. The second-order valence-corrected chi connectivity index (χ2v) is 11.5. The Kier molecular flexibility index (Phi) is 4.55. The number of hydrogen-bond acceptors (Lipinski definition) is 6. The smallest absolute Gasteiger partial charge is 0.298 e. The van der Waals surface area contributed by atoms with Gasteiger partial charge in [0.25, 0.3) is 6.01 Å². The number of halogens is 1. The fourth-order valence-electron chi connectivity index (χ4n) is 5.01. The lowest BCUT2D eigenvalue weighted by Gasteiger charge is -2.52. The van der Waals surface area contributed by atoms with Gasteiger partial charge in [-0.05, 0) is 55.7 Å². The number of piperidine rings is 1. The standard InChI is InChI=1S/C20H24ClN3O4S/c21-14-1-2-17-16(9-14)23-19(28-17)24-6-4-20(5-7-24)10-15(11-20)22-18(25)13-3-8-29(26,27)12-13/h1-2,9,13,15H,3-8,10-12H2,(H,22,25). The lowest BCUT2D eigenvalue weighted by atomic mass is 9.60. The van der Waals surface area contributed by atoms with E-state index in [-0.39, 0.29) is 34.8 Å². The van der Waals surface area contributed by atoms with Gasteiger partial charge in [-0.1, -0.05) is 11.6 Å². The summed E-state index contributed by atoms with van der Waals surface area (Å²) in [6.07, 6.45) is 4.47. The Morgan fingerprint density at radius 3 is 2.72 bits per heavy atom. The molecule has 3 heterocycles. The van der Waals surface area contributed by atoms with Crippen LogP contribution in [0, 0.1) is 11.3 Å². The number of anilines is 1. The number of nitrogens with one attached hydrogen (secondary N) is 1. The van der Waals surface area contributed by atoms with Crippen molar-refractivity contribution < 1.29 is 17.6 Å².